The van der Waals surface area contributed by atoms with Gasteiger partial charge in [-0.05, 0) is 40.5 Å². The van der Waals surface area contributed by atoms with Crippen molar-refractivity contribution in [2.45, 2.75) is 93.3 Å². The summed E-state index contributed by atoms with van der Waals surface area (Å²) in [5.74, 6) is -4.80. The predicted molar refractivity (Wildman–Crippen MR) is 103 cm³/mol. The second kappa shape index (κ2) is 25.0. The summed E-state index contributed by atoms with van der Waals surface area (Å²) in [4.78, 5) is 41.9. The van der Waals surface area contributed by atoms with E-state index in [2.05, 4.69) is 0 Å². The third kappa shape index (κ3) is 31.8. The normalized spacial score (nSPS) is 11.2. The van der Waals surface area contributed by atoms with Crippen LogP contribution in [0, 0.1) is 11.8 Å². The first-order chi connectivity index (χ1) is 12.7. The second-order valence-electron chi connectivity index (χ2n) is 6.39. The summed E-state index contributed by atoms with van der Waals surface area (Å²) in [6.45, 7) is 13.5. The monoisotopic (exact) mass is 454 g/mol. The molecule has 0 radical (unpaired) electrons. The molecule has 29 heavy (non-hydrogen) atoms. The Morgan fingerprint density at radius 1 is 0.655 bits per heavy atom. The number of aliphatic hydroxyl groups is 2. The summed E-state index contributed by atoms with van der Waals surface area (Å²) >= 11 is 0. The van der Waals surface area contributed by atoms with Crippen molar-refractivity contribution in [3.05, 3.63) is 0 Å². The van der Waals surface area contributed by atoms with E-state index < -0.39 is 23.8 Å². The molecule has 0 saturated carbocycles. The quantitative estimate of drug-likeness (QED) is 0.391. The number of carboxylic acid groups (broad SMARTS) is 2. The van der Waals surface area contributed by atoms with Crippen LogP contribution in [0.4, 0.5) is 0 Å². The van der Waals surface area contributed by atoms with Crippen LogP contribution in [0.1, 0.15) is 81.1 Å². The van der Waals surface area contributed by atoms with Crippen molar-refractivity contribution in [3.8, 4) is 0 Å². The van der Waals surface area contributed by atoms with E-state index in [4.69, 9.17) is 10.2 Å². The number of carbonyl (C=O) groups is 4. The summed E-state index contributed by atoms with van der Waals surface area (Å²) in [6, 6.07) is 0. The van der Waals surface area contributed by atoms with Crippen LogP contribution in [-0.2, 0) is 40.9 Å². The maximum atomic E-state index is 10.8. The average Bonchev–Trinajstić information content (AvgIpc) is 2.54. The molecular formula is C20H38O8Ti. The fourth-order valence-electron chi connectivity index (χ4n) is 1.54. The van der Waals surface area contributed by atoms with Gasteiger partial charge in [-0.3, -0.25) is 9.59 Å². The molecule has 0 saturated heterocycles. The van der Waals surface area contributed by atoms with Crippen molar-refractivity contribution in [2.75, 3.05) is 0 Å². The van der Waals surface area contributed by atoms with Crippen LogP contribution in [0.3, 0.4) is 0 Å². The van der Waals surface area contributed by atoms with Gasteiger partial charge >= 0.3 is 21.7 Å². The van der Waals surface area contributed by atoms with Crippen molar-refractivity contribution in [1.82, 2.24) is 0 Å². The van der Waals surface area contributed by atoms with Crippen LogP contribution in [0.25, 0.3) is 0 Å². The first-order valence-corrected chi connectivity index (χ1v) is 9.56. The number of hydrogen-bond acceptors (Lipinski definition) is 8. The van der Waals surface area contributed by atoms with Gasteiger partial charge in [-0.15, -0.1) is 0 Å². The largest absolute Gasteiger partial charge is 2.00 e. The minimum atomic E-state index is -1.26. The van der Waals surface area contributed by atoms with Crippen LogP contribution in [-0.4, -0.2) is 45.9 Å². The Kier molecular flexibility index (Phi) is 33.1. The van der Waals surface area contributed by atoms with E-state index in [-0.39, 0.29) is 58.3 Å². The Morgan fingerprint density at radius 3 is 0.862 bits per heavy atom. The molecule has 2 unspecified atom stereocenters. The summed E-state index contributed by atoms with van der Waals surface area (Å²) in [5.41, 5.74) is 0. The molecule has 170 valence electrons. The van der Waals surface area contributed by atoms with Gasteiger partial charge in [-0.25, -0.2) is 0 Å². The number of ketones is 2. The molecule has 0 spiro atoms. The van der Waals surface area contributed by atoms with Gasteiger partial charge in [0, 0.05) is 25.0 Å². The Balaban J connectivity index is -0.0000000950. The topological polar surface area (TPSA) is 155 Å². The first kappa shape index (κ1) is 38.5. The smallest absolute Gasteiger partial charge is 0.549 e. The number of rotatable bonds is 8. The van der Waals surface area contributed by atoms with Crippen molar-refractivity contribution in [2.24, 2.45) is 11.8 Å². The van der Waals surface area contributed by atoms with Gasteiger partial charge in [0.1, 0.15) is 11.6 Å². The third-order valence-electron chi connectivity index (χ3n) is 2.86. The SMILES string of the molecule is CC(C)O.CC(C)O.CCC(=O)C(CC)C(=O)[O-].CCC(=O)C(CC)C(=O)[O-].[Ti+2]. The molecule has 0 aliphatic rings. The second-order valence-corrected chi connectivity index (χ2v) is 6.39. The van der Waals surface area contributed by atoms with Crippen molar-refractivity contribution >= 4 is 23.5 Å². The molecule has 0 bridgehead atoms. The van der Waals surface area contributed by atoms with E-state index in [1.807, 2.05) is 0 Å². The fourth-order valence-corrected chi connectivity index (χ4v) is 1.54. The molecule has 2 N–H and O–H groups in total. The van der Waals surface area contributed by atoms with Gasteiger partial charge < -0.3 is 30.0 Å². The molecule has 0 heterocycles. The average molecular weight is 454 g/mol. The van der Waals surface area contributed by atoms with Crippen LogP contribution in [0.5, 0.6) is 0 Å². The predicted octanol–water partition coefficient (Wildman–Crippen LogP) is 0.255. The van der Waals surface area contributed by atoms with Crippen molar-refractivity contribution in [1.29, 1.82) is 0 Å². The summed E-state index contributed by atoms with van der Waals surface area (Å²) in [7, 11) is 0. The van der Waals surface area contributed by atoms with E-state index in [9.17, 15) is 29.4 Å². The molecule has 0 aromatic heterocycles. The van der Waals surface area contributed by atoms with E-state index in [0.717, 1.165) is 0 Å². The van der Waals surface area contributed by atoms with Crippen molar-refractivity contribution < 1.29 is 61.3 Å². The molecule has 0 aromatic rings. The van der Waals surface area contributed by atoms with Gasteiger partial charge in [-0.2, -0.15) is 0 Å². The van der Waals surface area contributed by atoms with Crippen LogP contribution < -0.4 is 10.2 Å². The fraction of sp³-hybridized carbons (Fsp3) is 0.800. The molecule has 0 aromatic carbocycles. The molecule has 9 heteroatoms. The maximum Gasteiger partial charge on any atom is 2.00 e. The number of hydrogen-bond donors (Lipinski definition) is 2. The summed E-state index contributed by atoms with van der Waals surface area (Å²) in [5, 5.41) is 36.5. The number of carbonyl (C=O) groups excluding carboxylic acids is 4. The summed E-state index contributed by atoms with van der Waals surface area (Å²) in [6.07, 6.45) is 0.864. The Hall–Kier alpha value is -1.09. The van der Waals surface area contributed by atoms with Crippen LogP contribution in [0.2, 0.25) is 0 Å². The molecule has 8 nitrogen and oxygen atoms in total. The van der Waals surface area contributed by atoms with Gasteiger partial charge in [0.2, 0.25) is 0 Å². The zero-order valence-corrected chi connectivity index (χ0v) is 20.5. The number of Topliss-reactive ketones (excluding diaryl/α,β-unsaturated/α-hetero) is 2. The van der Waals surface area contributed by atoms with Gasteiger partial charge in [0.05, 0.1) is 23.8 Å². The Labute approximate surface area is 190 Å². The number of carboxylic acids is 2. The van der Waals surface area contributed by atoms with E-state index in [1.54, 1.807) is 55.4 Å². The maximum absolute atomic E-state index is 10.8. The molecule has 2 atom stereocenters. The minimum Gasteiger partial charge on any atom is -0.549 e. The minimum absolute atomic E-state index is 0. The molecule has 0 rings (SSSR count). The summed E-state index contributed by atoms with van der Waals surface area (Å²) < 4.78 is 0. The Bertz CT molecular complexity index is 391. The third-order valence-corrected chi connectivity index (χ3v) is 2.86. The first-order valence-electron chi connectivity index (χ1n) is 9.56. The van der Waals surface area contributed by atoms with Gasteiger partial charge in [0.15, 0.2) is 0 Å². The zero-order valence-electron chi connectivity index (χ0n) is 19.0. The zero-order chi connectivity index (χ0) is 23.4. The standard InChI is InChI=1S/2C7H12O3.2C3H8O.Ti/c2*1-3-5(7(9)10)6(8)4-2;2*1-3(2)4;/h2*5H,3-4H2,1-2H3,(H,9,10);2*3-4H,1-2H3;/q;;;;+2/p-2. The Morgan fingerprint density at radius 2 is 0.828 bits per heavy atom. The molecular weight excluding hydrogens is 416 g/mol. The van der Waals surface area contributed by atoms with E-state index in [1.165, 1.54) is 0 Å². The molecule has 0 amide bonds. The van der Waals surface area contributed by atoms with E-state index >= 15 is 0 Å². The molecule has 0 fully saturated rings. The van der Waals surface area contributed by atoms with Gasteiger partial charge in [-0.1, -0.05) is 27.7 Å². The van der Waals surface area contributed by atoms with Crippen LogP contribution in [0.15, 0.2) is 0 Å². The number of aliphatic carboxylic acids is 2. The van der Waals surface area contributed by atoms with Crippen LogP contribution >= 0.6 is 0 Å². The molecule has 0 aliphatic heterocycles. The van der Waals surface area contributed by atoms with Gasteiger partial charge in [0.25, 0.3) is 0 Å². The van der Waals surface area contributed by atoms with Crippen molar-refractivity contribution in [3.63, 3.8) is 0 Å². The van der Waals surface area contributed by atoms with E-state index in [0.29, 0.717) is 12.8 Å². The number of aliphatic hydroxyl groups excluding tert-OH is 2. The molecule has 0 aliphatic carbocycles.